The Balaban J connectivity index is 1.90. The Bertz CT molecular complexity index is 953. The zero-order valence-electron chi connectivity index (χ0n) is 14.3. The van der Waals surface area contributed by atoms with E-state index in [1.165, 1.54) is 10.9 Å². The van der Waals surface area contributed by atoms with E-state index < -0.39 is 0 Å². The average Bonchev–Trinajstić information content (AvgIpc) is 3.04. The molecule has 3 rings (SSSR count). The number of aromatic nitrogens is 4. The molecule has 1 aromatic carbocycles. The molecule has 0 saturated carbocycles. The Morgan fingerprint density at radius 2 is 1.81 bits per heavy atom. The minimum atomic E-state index is -0.350. The standard InChI is InChI=1S/C17H16Cl3N5O/c1-9-15(22-17(26)16-14(20)7-21-24(16)3)10(2)25(23-9)8-11-12(18)5-4-6-13(11)19/h4-7H,8H2,1-3H3,(H,22,26). The summed E-state index contributed by atoms with van der Waals surface area (Å²) in [6.45, 7) is 4.08. The Morgan fingerprint density at radius 3 is 2.38 bits per heavy atom. The summed E-state index contributed by atoms with van der Waals surface area (Å²) in [5.41, 5.74) is 3.14. The molecular weight excluding hydrogens is 397 g/mol. The van der Waals surface area contributed by atoms with Gasteiger partial charge in [-0.3, -0.25) is 14.2 Å². The van der Waals surface area contributed by atoms with E-state index in [4.69, 9.17) is 34.8 Å². The van der Waals surface area contributed by atoms with Gasteiger partial charge in [0, 0.05) is 22.7 Å². The second-order valence-corrected chi connectivity index (χ2v) is 7.04. The molecule has 6 nitrogen and oxygen atoms in total. The van der Waals surface area contributed by atoms with Crippen molar-refractivity contribution in [2.75, 3.05) is 5.32 Å². The second kappa shape index (κ2) is 7.31. The summed E-state index contributed by atoms with van der Waals surface area (Å²) < 4.78 is 3.18. The highest BCUT2D eigenvalue weighted by atomic mass is 35.5. The first-order valence-corrected chi connectivity index (χ1v) is 8.88. The summed E-state index contributed by atoms with van der Waals surface area (Å²) >= 11 is 18.5. The van der Waals surface area contributed by atoms with E-state index in [0.717, 1.165) is 11.3 Å². The number of rotatable bonds is 4. The molecule has 26 heavy (non-hydrogen) atoms. The van der Waals surface area contributed by atoms with Gasteiger partial charge in [0.05, 0.1) is 34.8 Å². The van der Waals surface area contributed by atoms with E-state index in [2.05, 4.69) is 15.5 Å². The van der Waals surface area contributed by atoms with Crippen LogP contribution in [0.4, 0.5) is 5.69 Å². The van der Waals surface area contributed by atoms with Crippen molar-refractivity contribution in [3.05, 3.63) is 62.1 Å². The normalized spacial score (nSPS) is 11.0. The molecule has 0 atom stereocenters. The first kappa shape index (κ1) is 18.8. The molecule has 3 aromatic rings. The van der Waals surface area contributed by atoms with Crippen molar-refractivity contribution in [1.29, 1.82) is 0 Å². The summed E-state index contributed by atoms with van der Waals surface area (Å²) in [6.07, 6.45) is 1.43. The number of halogens is 3. The molecule has 9 heteroatoms. The molecular formula is C17H16Cl3N5O. The van der Waals surface area contributed by atoms with Crippen molar-refractivity contribution >= 4 is 46.4 Å². The second-order valence-electron chi connectivity index (χ2n) is 5.82. The predicted molar refractivity (Wildman–Crippen MR) is 103 cm³/mol. The van der Waals surface area contributed by atoms with Crippen molar-refractivity contribution in [3.63, 3.8) is 0 Å². The molecule has 136 valence electrons. The molecule has 0 saturated heterocycles. The van der Waals surface area contributed by atoms with Crippen LogP contribution in [0, 0.1) is 13.8 Å². The van der Waals surface area contributed by atoms with Crippen LogP contribution < -0.4 is 5.32 Å². The molecule has 0 aliphatic carbocycles. The number of carbonyl (C=O) groups is 1. The number of benzene rings is 1. The number of nitrogens with zero attached hydrogens (tertiary/aromatic N) is 4. The fraction of sp³-hybridized carbons (Fsp3) is 0.235. The van der Waals surface area contributed by atoms with Crippen molar-refractivity contribution in [2.24, 2.45) is 7.05 Å². The number of carbonyl (C=O) groups excluding carboxylic acids is 1. The van der Waals surface area contributed by atoms with Crippen molar-refractivity contribution in [3.8, 4) is 0 Å². The van der Waals surface area contributed by atoms with Gasteiger partial charge in [-0.1, -0.05) is 40.9 Å². The van der Waals surface area contributed by atoms with Gasteiger partial charge in [0.25, 0.3) is 5.91 Å². The number of amides is 1. The molecule has 0 bridgehead atoms. The first-order valence-electron chi connectivity index (χ1n) is 7.75. The van der Waals surface area contributed by atoms with Gasteiger partial charge >= 0.3 is 0 Å². The van der Waals surface area contributed by atoms with Gasteiger partial charge in [-0.05, 0) is 26.0 Å². The Kier molecular flexibility index (Phi) is 5.27. The van der Waals surface area contributed by atoms with Crippen LogP contribution in [0.15, 0.2) is 24.4 Å². The van der Waals surface area contributed by atoms with Crippen LogP contribution in [0.2, 0.25) is 15.1 Å². The number of anilines is 1. The van der Waals surface area contributed by atoms with Crippen LogP contribution in [-0.4, -0.2) is 25.5 Å². The third-order valence-corrected chi connectivity index (χ3v) is 5.08. The maximum Gasteiger partial charge on any atom is 0.275 e. The molecule has 1 N–H and O–H groups in total. The lowest BCUT2D eigenvalue weighted by atomic mass is 10.2. The van der Waals surface area contributed by atoms with Gasteiger partial charge in [-0.25, -0.2) is 0 Å². The largest absolute Gasteiger partial charge is 0.317 e. The summed E-state index contributed by atoms with van der Waals surface area (Å²) in [4.78, 5) is 12.6. The summed E-state index contributed by atoms with van der Waals surface area (Å²) in [6, 6.07) is 5.35. The van der Waals surface area contributed by atoms with Crippen molar-refractivity contribution in [2.45, 2.75) is 20.4 Å². The van der Waals surface area contributed by atoms with Gasteiger partial charge in [0.2, 0.25) is 0 Å². The maximum atomic E-state index is 12.6. The summed E-state index contributed by atoms with van der Waals surface area (Å²) in [7, 11) is 1.66. The van der Waals surface area contributed by atoms with Crippen LogP contribution in [-0.2, 0) is 13.6 Å². The number of hydrogen-bond acceptors (Lipinski definition) is 3. The van der Waals surface area contributed by atoms with Crippen LogP contribution in [0.1, 0.15) is 27.4 Å². The quantitative estimate of drug-likeness (QED) is 0.686. The van der Waals surface area contributed by atoms with Gasteiger partial charge in [-0.15, -0.1) is 0 Å². The molecule has 0 spiro atoms. The Labute approximate surface area is 165 Å². The van der Waals surface area contributed by atoms with Gasteiger partial charge in [0.15, 0.2) is 0 Å². The van der Waals surface area contributed by atoms with Gasteiger partial charge in [-0.2, -0.15) is 10.2 Å². The van der Waals surface area contributed by atoms with E-state index in [-0.39, 0.29) is 16.6 Å². The van der Waals surface area contributed by atoms with Crippen LogP contribution >= 0.6 is 34.8 Å². The topological polar surface area (TPSA) is 64.7 Å². The zero-order valence-corrected chi connectivity index (χ0v) is 16.6. The molecule has 0 fully saturated rings. The maximum absolute atomic E-state index is 12.6. The van der Waals surface area contributed by atoms with E-state index in [0.29, 0.717) is 28.0 Å². The molecule has 0 unspecified atom stereocenters. The van der Waals surface area contributed by atoms with E-state index in [1.807, 2.05) is 13.8 Å². The first-order chi connectivity index (χ1) is 12.3. The van der Waals surface area contributed by atoms with Crippen LogP contribution in [0.25, 0.3) is 0 Å². The highest BCUT2D eigenvalue weighted by molar-refractivity contribution is 6.36. The highest BCUT2D eigenvalue weighted by Gasteiger charge is 2.20. The van der Waals surface area contributed by atoms with Crippen LogP contribution in [0.5, 0.6) is 0 Å². The zero-order chi connectivity index (χ0) is 19.0. The third kappa shape index (κ3) is 3.45. The smallest absolute Gasteiger partial charge is 0.275 e. The lowest BCUT2D eigenvalue weighted by molar-refractivity contribution is 0.101. The molecule has 2 aromatic heterocycles. The molecule has 2 heterocycles. The lowest BCUT2D eigenvalue weighted by Crippen LogP contribution is -2.17. The Hall–Kier alpha value is -2.02. The SMILES string of the molecule is Cc1nn(Cc2c(Cl)cccc2Cl)c(C)c1NC(=O)c1c(Cl)cnn1C. The minimum Gasteiger partial charge on any atom is -0.317 e. The van der Waals surface area contributed by atoms with Crippen LogP contribution in [0.3, 0.4) is 0 Å². The van der Waals surface area contributed by atoms with E-state index in [1.54, 1.807) is 29.9 Å². The lowest BCUT2D eigenvalue weighted by Gasteiger charge is -2.10. The van der Waals surface area contributed by atoms with E-state index >= 15 is 0 Å². The molecule has 1 amide bonds. The fourth-order valence-corrected chi connectivity index (χ4v) is 3.47. The summed E-state index contributed by atoms with van der Waals surface area (Å²) in [5.74, 6) is -0.350. The number of nitrogens with one attached hydrogen (secondary N) is 1. The molecule has 0 aliphatic heterocycles. The Morgan fingerprint density at radius 1 is 1.15 bits per heavy atom. The average molecular weight is 413 g/mol. The number of hydrogen-bond donors (Lipinski definition) is 1. The number of aryl methyl sites for hydroxylation is 2. The minimum absolute atomic E-state index is 0.285. The fourth-order valence-electron chi connectivity index (χ4n) is 2.70. The van der Waals surface area contributed by atoms with Gasteiger partial charge < -0.3 is 5.32 Å². The van der Waals surface area contributed by atoms with Gasteiger partial charge in [0.1, 0.15) is 5.69 Å². The molecule has 0 radical (unpaired) electrons. The van der Waals surface area contributed by atoms with E-state index in [9.17, 15) is 4.79 Å². The third-order valence-electron chi connectivity index (χ3n) is 4.10. The monoisotopic (exact) mass is 411 g/mol. The molecule has 0 aliphatic rings. The van der Waals surface area contributed by atoms with Crippen molar-refractivity contribution in [1.82, 2.24) is 19.6 Å². The highest BCUT2D eigenvalue weighted by Crippen LogP contribution is 2.28. The van der Waals surface area contributed by atoms with Crippen molar-refractivity contribution < 1.29 is 4.79 Å². The summed E-state index contributed by atoms with van der Waals surface area (Å²) in [5, 5.41) is 12.8. The predicted octanol–water partition coefficient (Wildman–Crippen LogP) is 4.49.